The normalized spacial score (nSPS) is 10.1. The zero-order valence-electron chi connectivity index (χ0n) is 6.48. The van der Waals surface area contributed by atoms with Crippen molar-refractivity contribution in [3.8, 4) is 17.6 Å². The molecular formula is C9H5NO2S. The minimum absolute atomic E-state index is 0.149. The summed E-state index contributed by atoms with van der Waals surface area (Å²) in [6, 6.07) is 5.02. The van der Waals surface area contributed by atoms with Crippen molar-refractivity contribution in [3.05, 3.63) is 23.1 Å². The van der Waals surface area contributed by atoms with E-state index in [9.17, 15) is 10.2 Å². The summed E-state index contributed by atoms with van der Waals surface area (Å²) in [6.45, 7) is 0. The van der Waals surface area contributed by atoms with Crippen molar-refractivity contribution < 1.29 is 10.2 Å². The van der Waals surface area contributed by atoms with Crippen LogP contribution in [-0.4, -0.2) is 10.2 Å². The molecule has 0 bridgehead atoms. The zero-order valence-corrected chi connectivity index (χ0v) is 7.30. The molecule has 0 saturated heterocycles. The molecule has 0 atom stereocenters. The van der Waals surface area contributed by atoms with Gasteiger partial charge in [0, 0.05) is 10.8 Å². The van der Waals surface area contributed by atoms with E-state index in [0.717, 1.165) is 0 Å². The van der Waals surface area contributed by atoms with Gasteiger partial charge in [-0.3, -0.25) is 0 Å². The molecule has 64 valence electrons. The molecule has 0 aliphatic rings. The molecule has 1 heterocycles. The zero-order chi connectivity index (χ0) is 9.42. The van der Waals surface area contributed by atoms with Crippen LogP contribution in [0.4, 0.5) is 0 Å². The van der Waals surface area contributed by atoms with Crippen LogP contribution in [0.1, 0.15) is 5.56 Å². The van der Waals surface area contributed by atoms with E-state index in [1.165, 1.54) is 17.4 Å². The van der Waals surface area contributed by atoms with E-state index in [1.54, 1.807) is 11.4 Å². The van der Waals surface area contributed by atoms with Crippen molar-refractivity contribution in [2.24, 2.45) is 0 Å². The molecule has 4 heteroatoms. The van der Waals surface area contributed by atoms with E-state index in [4.69, 9.17) is 5.26 Å². The lowest BCUT2D eigenvalue weighted by Gasteiger charge is -1.97. The quantitative estimate of drug-likeness (QED) is 0.627. The fourth-order valence-electron chi connectivity index (χ4n) is 1.16. The third-order valence-corrected chi connectivity index (χ3v) is 2.82. The molecule has 0 aliphatic heterocycles. The molecule has 0 saturated carbocycles. The van der Waals surface area contributed by atoms with Crippen LogP contribution in [0.15, 0.2) is 17.5 Å². The second kappa shape index (κ2) is 2.64. The first-order valence-electron chi connectivity index (χ1n) is 3.56. The van der Waals surface area contributed by atoms with Crippen molar-refractivity contribution in [2.75, 3.05) is 0 Å². The Balaban J connectivity index is 2.91. The Hall–Kier alpha value is -1.73. The summed E-state index contributed by atoms with van der Waals surface area (Å²) in [5, 5.41) is 29.6. The Kier molecular flexibility index (Phi) is 1.61. The Morgan fingerprint density at radius 2 is 2.08 bits per heavy atom. The van der Waals surface area contributed by atoms with Crippen molar-refractivity contribution in [3.63, 3.8) is 0 Å². The minimum atomic E-state index is -0.154. The predicted octanol–water partition coefficient (Wildman–Crippen LogP) is 2.18. The minimum Gasteiger partial charge on any atom is -0.504 e. The molecule has 2 rings (SSSR count). The molecule has 13 heavy (non-hydrogen) atoms. The first kappa shape index (κ1) is 7.90. The summed E-state index contributed by atoms with van der Waals surface area (Å²) in [5.74, 6) is -0.303. The van der Waals surface area contributed by atoms with Crippen LogP contribution in [0, 0.1) is 11.3 Å². The number of phenols is 2. The van der Waals surface area contributed by atoms with E-state index in [-0.39, 0.29) is 11.5 Å². The second-order valence-electron chi connectivity index (χ2n) is 2.57. The number of aromatic hydroxyl groups is 2. The molecule has 0 aliphatic carbocycles. The Labute approximate surface area is 78.1 Å². The third kappa shape index (κ3) is 1.02. The Bertz CT molecular complexity index is 510. The van der Waals surface area contributed by atoms with Crippen LogP contribution >= 0.6 is 11.3 Å². The third-order valence-electron chi connectivity index (χ3n) is 1.82. The molecule has 2 aromatic rings. The molecule has 2 N–H and O–H groups in total. The van der Waals surface area contributed by atoms with Crippen LogP contribution in [0.25, 0.3) is 10.1 Å². The van der Waals surface area contributed by atoms with E-state index in [0.29, 0.717) is 15.6 Å². The number of hydrogen-bond acceptors (Lipinski definition) is 4. The number of rotatable bonds is 0. The van der Waals surface area contributed by atoms with Gasteiger partial charge in [0.25, 0.3) is 0 Å². The first-order chi connectivity index (χ1) is 6.24. The van der Waals surface area contributed by atoms with Gasteiger partial charge in [-0.25, -0.2) is 0 Å². The molecule has 0 amide bonds. The fraction of sp³-hybridized carbons (Fsp3) is 0. The molecular weight excluding hydrogens is 186 g/mol. The van der Waals surface area contributed by atoms with Crippen LogP contribution in [0.5, 0.6) is 11.5 Å². The number of phenolic OH excluding ortho intramolecular Hbond substituents is 2. The van der Waals surface area contributed by atoms with Gasteiger partial charge in [0.05, 0.1) is 10.3 Å². The van der Waals surface area contributed by atoms with Crippen molar-refractivity contribution in [1.82, 2.24) is 0 Å². The average molecular weight is 191 g/mol. The number of benzene rings is 1. The van der Waals surface area contributed by atoms with Gasteiger partial charge in [-0.2, -0.15) is 5.26 Å². The Morgan fingerprint density at radius 3 is 2.77 bits per heavy atom. The molecule has 0 fully saturated rings. The van der Waals surface area contributed by atoms with Gasteiger partial charge in [-0.1, -0.05) is 0 Å². The van der Waals surface area contributed by atoms with E-state index in [2.05, 4.69) is 0 Å². The highest BCUT2D eigenvalue weighted by atomic mass is 32.1. The number of thiophene rings is 1. The second-order valence-corrected chi connectivity index (χ2v) is 3.45. The van der Waals surface area contributed by atoms with E-state index < -0.39 is 0 Å². The molecule has 0 radical (unpaired) electrons. The van der Waals surface area contributed by atoms with Crippen LogP contribution in [0.2, 0.25) is 0 Å². The summed E-state index contributed by atoms with van der Waals surface area (Å²) in [4.78, 5) is 0. The van der Waals surface area contributed by atoms with Crippen LogP contribution in [0.3, 0.4) is 0 Å². The summed E-state index contributed by atoms with van der Waals surface area (Å²) < 4.78 is 0.552. The number of nitrogens with zero attached hydrogens (tertiary/aromatic N) is 1. The summed E-state index contributed by atoms with van der Waals surface area (Å²) in [7, 11) is 0. The van der Waals surface area contributed by atoms with E-state index >= 15 is 0 Å². The van der Waals surface area contributed by atoms with Gasteiger partial charge < -0.3 is 10.2 Å². The fourth-order valence-corrected chi connectivity index (χ4v) is 2.10. The van der Waals surface area contributed by atoms with Gasteiger partial charge in [-0.15, -0.1) is 11.3 Å². The summed E-state index contributed by atoms with van der Waals surface area (Å²) >= 11 is 1.25. The highest BCUT2D eigenvalue weighted by Gasteiger charge is 2.09. The molecule has 0 spiro atoms. The number of hydrogen-bond donors (Lipinski definition) is 2. The molecule has 1 aromatic carbocycles. The average Bonchev–Trinajstić information content (AvgIpc) is 2.55. The van der Waals surface area contributed by atoms with Crippen molar-refractivity contribution in [2.45, 2.75) is 0 Å². The molecule has 1 aromatic heterocycles. The SMILES string of the molecule is N#Cc1csc2c(O)c(O)ccc12. The lowest BCUT2D eigenvalue weighted by atomic mass is 10.2. The van der Waals surface area contributed by atoms with Gasteiger partial charge in [-0.05, 0) is 12.1 Å². The first-order valence-corrected chi connectivity index (χ1v) is 4.44. The largest absolute Gasteiger partial charge is 0.504 e. The number of fused-ring (bicyclic) bond motifs is 1. The lowest BCUT2D eigenvalue weighted by molar-refractivity contribution is 0.409. The van der Waals surface area contributed by atoms with Crippen LogP contribution in [-0.2, 0) is 0 Å². The van der Waals surface area contributed by atoms with Gasteiger partial charge in [0.15, 0.2) is 11.5 Å². The maximum Gasteiger partial charge on any atom is 0.175 e. The number of nitriles is 1. The van der Waals surface area contributed by atoms with Crippen molar-refractivity contribution >= 4 is 21.4 Å². The summed E-state index contributed by atoms with van der Waals surface area (Å²) in [5.41, 5.74) is 0.523. The highest BCUT2D eigenvalue weighted by Crippen LogP contribution is 2.38. The monoisotopic (exact) mass is 191 g/mol. The van der Waals surface area contributed by atoms with Gasteiger partial charge in [0.1, 0.15) is 6.07 Å². The Morgan fingerprint density at radius 1 is 1.31 bits per heavy atom. The molecule has 0 unspecified atom stereocenters. The topological polar surface area (TPSA) is 64.2 Å². The smallest absolute Gasteiger partial charge is 0.175 e. The van der Waals surface area contributed by atoms with Gasteiger partial charge in [0.2, 0.25) is 0 Å². The predicted molar refractivity (Wildman–Crippen MR) is 49.9 cm³/mol. The van der Waals surface area contributed by atoms with Gasteiger partial charge >= 0.3 is 0 Å². The summed E-state index contributed by atoms with van der Waals surface area (Å²) in [6.07, 6.45) is 0. The lowest BCUT2D eigenvalue weighted by Crippen LogP contribution is -1.71. The highest BCUT2D eigenvalue weighted by molar-refractivity contribution is 7.17. The maximum atomic E-state index is 9.42. The van der Waals surface area contributed by atoms with E-state index in [1.807, 2.05) is 6.07 Å². The standard InChI is InChI=1S/C9H5NO2S/c10-3-5-4-13-9-6(5)1-2-7(11)8(9)12/h1-2,4,11-12H. The maximum absolute atomic E-state index is 9.42. The molecule has 3 nitrogen and oxygen atoms in total. The van der Waals surface area contributed by atoms with Crippen molar-refractivity contribution in [1.29, 1.82) is 5.26 Å². The van der Waals surface area contributed by atoms with Crippen LogP contribution < -0.4 is 0 Å².